The molecular weight excluding hydrogens is 305 g/mol. The number of hydrogen-bond acceptors (Lipinski definition) is 5. The number of rotatable bonds is 4. The summed E-state index contributed by atoms with van der Waals surface area (Å²) in [7, 11) is 0. The van der Waals surface area contributed by atoms with Gasteiger partial charge < -0.3 is 9.57 Å². The number of nitrogens with zero attached hydrogens (tertiary/aromatic N) is 1. The van der Waals surface area contributed by atoms with Crippen LogP contribution in [0.3, 0.4) is 0 Å². The Bertz CT molecular complexity index is 687. The molecular formula is C13H9F3N2O4. The van der Waals surface area contributed by atoms with Crippen molar-refractivity contribution in [3.63, 3.8) is 0 Å². The molecule has 22 heavy (non-hydrogen) atoms. The van der Waals surface area contributed by atoms with E-state index < -0.39 is 11.3 Å². The van der Waals surface area contributed by atoms with Gasteiger partial charge in [0.15, 0.2) is 0 Å². The third kappa shape index (κ3) is 3.64. The first kappa shape index (κ1) is 15.6. The SMILES string of the molecule is NOc1ccc(-c2ccc(OC(F)(F)F)cc2)cc1[N+](=O)[O-]. The number of benzene rings is 2. The van der Waals surface area contributed by atoms with Crippen molar-refractivity contribution in [1.82, 2.24) is 0 Å². The molecule has 6 nitrogen and oxygen atoms in total. The first-order chi connectivity index (χ1) is 10.3. The molecule has 2 aromatic rings. The van der Waals surface area contributed by atoms with Crippen molar-refractivity contribution in [3.8, 4) is 22.6 Å². The molecule has 0 atom stereocenters. The average molecular weight is 314 g/mol. The van der Waals surface area contributed by atoms with Crippen LogP contribution in [0.1, 0.15) is 0 Å². The van der Waals surface area contributed by atoms with Gasteiger partial charge in [-0.25, -0.2) is 0 Å². The van der Waals surface area contributed by atoms with E-state index in [2.05, 4.69) is 9.57 Å². The summed E-state index contributed by atoms with van der Waals surface area (Å²) in [6.45, 7) is 0. The van der Waals surface area contributed by atoms with Gasteiger partial charge in [-0.3, -0.25) is 10.1 Å². The molecule has 0 aliphatic heterocycles. The number of nitro groups is 1. The predicted molar refractivity (Wildman–Crippen MR) is 70.0 cm³/mol. The van der Waals surface area contributed by atoms with Crippen molar-refractivity contribution >= 4 is 5.69 Å². The van der Waals surface area contributed by atoms with Crippen LogP contribution in [0.25, 0.3) is 11.1 Å². The molecule has 0 aliphatic rings. The van der Waals surface area contributed by atoms with Crippen LogP contribution in [0.4, 0.5) is 18.9 Å². The smallest absolute Gasteiger partial charge is 0.406 e. The van der Waals surface area contributed by atoms with Crippen molar-refractivity contribution in [2.24, 2.45) is 5.90 Å². The second-order valence-electron chi connectivity index (χ2n) is 4.13. The summed E-state index contributed by atoms with van der Waals surface area (Å²) in [6.07, 6.45) is -4.78. The lowest BCUT2D eigenvalue weighted by Crippen LogP contribution is -2.16. The van der Waals surface area contributed by atoms with Crippen LogP contribution in [0.5, 0.6) is 11.5 Å². The standard InChI is InChI=1S/C13H9F3N2O4/c14-13(15,16)21-10-4-1-8(2-5-10)9-3-6-12(22-17)11(7-9)18(19)20/h1-7H,17H2. The van der Waals surface area contributed by atoms with E-state index in [4.69, 9.17) is 5.90 Å². The van der Waals surface area contributed by atoms with E-state index in [1.54, 1.807) is 0 Å². The lowest BCUT2D eigenvalue weighted by Gasteiger charge is -2.09. The average Bonchev–Trinajstić information content (AvgIpc) is 2.45. The van der Waals surface area contributed by atoms with E-state index >= 15 is 0 Å². The van der Waals surface area contributed by atoms with Crippen LogP contribution in [-0.4, -0.2) is 11.3 Å². The first-order valence-electron chi connectivity index (χ1n) is 5.81. The Kier molecular flexibility index (Phi) is 4.18. The molecule has 0 heterocycles. The molecule has 0 spiro atoms. The number of nitrogens with two attached hydrogens (primary N) is 1. The summed E-state index contributed by atoms with van der Waals surface area (Å²) in [5, 5.41) is 10.9. The van der Waals surface area contributed by atoms with Crippen molar-refractivity contribution in [1.29, 1.82) is 0 Å². The highest BCUT2D eigenvalue weighted by Gasteiger charge is 2.31. The molecule has 0 fully saturated rings. The van der Waals surface area contributed by atoms with Gasteiger partial charge >= 0.3 is 12.0 Å². The Morgan fingerprint density at radius 2 is 1.64 bits per heavy atom. The molecule has 2 rings (SSSR count). The van der Waals surface area contributed by atoms with Crippen LogP contribution in [0.2, 0.25) is 0 Å². The van der Waals surface area contributed by atoms with E-state index in [1.165, 1.54) is 30.3 Å². The van der Waals surface area contributed by atoms with E-state index in [9.17, 15) is 23.3 Å². The Hall–Kier alpha value is -2.81. The van der Waals surface area contributed by atoms with Gasteiger partial charge in [0.05, 0.1) is 4.92 Å². The van der Waals surface area contributed by atoms with Gasteiger partial charge in [-0.05, 0) is 29.3 Å². The lowest BCUT2D eigenvalue weighted by atomic mass is 10.0. The molecule has 2 aromatic carbocycles. The first-order valence-corrected chi connectivity index (χ1v) is 5.81. The second-order valence-corrected chi connectivity index (χ2v) is 4.13. The molecule has 0 unspecified atom stereocenters. The molecule has 2 N–H and O–H groups in total. The van der Waals surface area contributed by atoms with Gasteiger partial charge in [0, 0.05) is 6.07 Å². The molecule has 0 saturated heterocycles. The largest absolute Gasteiger partial charge is 0.573 e. The molecule has 0 radical (unpaired) electrons. The highest BCUT2D eigenvalue weighted by atomic mass is 19.4. The molecule has 0 bridgehead atoms. The Labute approximate surface area is 122 Å². The zero-order valence-corrected chi connectivity index (χ0v) is 10.8. The number of nitro benzene ring substituents is 1. The van der Waals surface area contributed by atoms with Gasteiger partial charge in [0.1, 0.15) is 5.75 Å². The fourth-order valence-electron chi connectivity index (χ4n) is 1.79. The fraction of sp³-hybridized carbons (Fsp3) is 0.0769. The summed E-state index contributed by atoms with van der Waals surface area (Å²) in [6, 6.07) is 8.93. The zero-order chi connectivity index (χ0) is 16.3. The van der Waals surface area contributed by atoms with Gasteiger partial charge in [-0.15, -0.1) is 13.2 Å². The summed E-state index contributed by atoms with van der Waals surface area (Å²) in [4.78, 5) is 14.6. The molecule has 0 saturated carbocycles. The van der Waals surface area contributed by atoms with Crippen molar-refractivity contribution < 1.29 is 27.7 Å². The van der Waals surface area contributed by atoms with Gasteiger partial charge in [0.25, 0.3) is 0 Å². The van der Waals surface area contributed by atoms with Crippen molar-refractivity contribution in [3.05, 3.63) is 52.6 Å². The summed E-state index contributed by atoms with van der Waals surface area (Å²) in [5.41, 5.74) is 0.544. The predicted octanol–water partition coefficient (Wildman–Crippen LogP) is 3.41. The Balaban J connectivity index is 2.32. The van der Waals surface area contributed by atoms with E-state index in [-0.39, 0.29) is 17.2 Å². The van der Waals surface area contributed by atoms with E-state index in [0.29, 0.717) is 11.1 Å². The fourth-order valence-corrected chi connectivity index (χ4v) is 1.79. The number of hydrogen-bond donors (Lipinski definition) is 1. The van der Waals surface area contributed by atoms with E-state index in [0.717, 1.165) is 12.1 Å². The highest BCUT2D eigenvalue weighted by molar-refractivity contribution is 5.69. The van der Waals surface area contributed by atoms with Crippen LogP contribution < -0.4 is 15.5 Å². The minimum atomic E-state index is -4.78. The third-order valence-electron chi connectivity index (χ3n) is 2.70. The second kappa shape index (κ2) is 5.90. The maximum atomic E-state index is 12.1. The van der Waals surface area contributed by atoms with Gasteiger partial charge in [0.2, 0.25) is 5.75 Å². The maximum Gasteiger partial charge on any atom is 0.573 e. The monoisotopic (exact) mass is 314 g/mol. The summed E-state index contributed by atoms with van der Waals surface area (Å²) in [5.74, 6) is 4.43. The summed E-state index contributed by atoms with van der Waals surface area (Å²) < 4.78 is 39.9. The molecule has 0 aliphatic carbocycles. The van der Waals surface area contributed by atoms with E-state index in [1.807, 2.05) is 0 Å². The quantitative estimate of drug-likeness (QED) is 0.690. The van der Waals surface area contributed by atoms with Crippen LogP contribution in [0, 0.1) is 10.1 Å². The lowest BCUT2D eigenvalue weighted by molar-refractivity contribution is -0.385. The molecule has 0 aromatic heterocycles. The zero-order valence-electron chi connectivity index (χ0n) is 10.8. The normalized spacial score (nSPS) is 11.1. The third-order valence-corrected chi connectivity index (χ3v) is 2.70. The molecule has 9 heteroatoms. The van der Waals surface area contributed by atoms with Crippen molar-refractivity contribution in [2.75, 3.05) is 0 Å². The molecule has 116 valence electrons. The number of halogens is 3. The topological polar surface area (TPSA) is 87.6 Å². The Morgan fingerprint density at radius 1 is 1.05 bits per heavy atom. The Morgan fingerprint density at radius 3 is 2.14 bits per heavy atom. The van der Waals surface area contributed by atoms with Gasteiger partial charge in [-0.1, -0.05) is 18.2 Å². The van der Waals surface area contributed by atoms with Crippen LogP contribution in [-0.2, 0) is 0 Å². The number of alkyl halides is 3. The minimum absolute atomic E-state index is 0.120. The molecule has 0 amide bonds. The number of ether oxygens (including phenoxy) is 1. The maximum absolute atomic E-state index is 12.1. The summed E-state index contributed by atoms with van der Waals surface area (Å²) >= 11 is 0. The van der Waals surface area contributed by atoms with Crippen LogP contribution >= 0.6 is 0 Å². The minimum Gasteiger partial charge on any atom is -0.406 e. The highest BCUT2D eigenvalue weighted by Crippen LogP contribution is 2.33. The van der Waals surface area contributed by atoms with Gasteiger partial charge in [-0.2, -0.15) is 5.90 Å². The van der Waals surface area contributed by atoms with Crippen LogP contribution in [0.15, 0.2) is 42.5 Å². The van der Waals surface area contributed by atoms with Crippen molar-refractivity contribution in [2.45, 2.75) is 6.36 Å².